The summed E-state index contributed by atoms with van der Waals surface area (Å²) in [7, 11) is 0. The lowest BCUT2D eigenvalue weighted by Gasteiger charge is -2.18. The first kappa shape index (κ1) is 12.9. The third-order valence-electron chi connectivity index (χ3n) is 3.16. The molecule has 0 spiro atoms. The van der Waals surface area contributed by atoms with Gasteiger partial charge < -0.3 is 0 Å². The third-order valence-corrected chi connectivity index (χ3v) is 3.16. The molecule has 2 heterocycles. The summed E-state index contributed by atoms with van der Waals surface area (Å²) >= 11 is 0. The number of nitrogens with zero attached hydrogens (tertiary/aromatic N) is 3. The Morgan fingerprint density at radius 3 is 2.80 bits per heavy atom. The van der Waals surface area contributed by atoms with E-state index in [1.807, 2.05) is 6.92 Å². The summed E-state index contributed by atoms with van der Waals surface area (Å²) in [6.45, 7) is 2.63. The van der Waals surface area contributed by atoms with Gasteiger partial charge in [0.1, 0.15) is 5.84 Å². The maximum atomic E-state index is 12.7. The average molecular weight is 279 g/mol. The number of benzene rings is 1. The fourth-order valence-electron chi connectivity index (χ4n) is 2.22. The molecular formula is C14H12F3N3. The fourth-order valence-corrected chi connectivity index (χ4v) is 2.22. The molecule has 0 radical (unpaired) electrons. The summed E-state index contributed by atoms with van der Waals surface area (Å²) in [5.41, 5.74) is 0.305. The maximum absolute atomic E-state index is 12.7. The van der Waals surface area contributed by atoms with Crippen LogP contribution in [0, 0.1) is 0 Å². The van der Waals surface area contributed by atoms with E-state index >= 15 is 0 Å². The Morgan fingerprint density at radius 1 is 1.25 bits per heavy atom. The molecule has 0 fully saturated rings. The molecule has 0 aliphatic carbocycles. The predicted molar refractivity (Wildman–Crippen MR) is 70.7 cm³/mol. The minimum atomic E-state index is -4.34. The molecular weight excluding hydrogens is 267 g/mol. The van der Waals surface area contributed by atoms with Gasteiger partial charge in [-0.3, -0.25) is 4.99 Å². The molecule has 1 aromatic rings. The van der Waals surface area contributed by atoms with Crippen LogP contribution in [0.4, 0.5) is 13.2 Å². The molecule has 0 saturated heterocycles. The van der Waals surface area contributed by atoms with E-state index in [0.29, 0.717) is 17.8 Å². The molecule has 6 heteroatoms. The van der Waals surface area contributed by atoms with Crippen LogP contribution in [-0.2, 0) is 6.18 Å². The van der Waals surface area contributed by atoms with Crippen molar-refractivity contribution < 1.29 is 13.2 Å². The summed E-state index contributed by atoms with van der Waals surface area (Å²) in [4.78, 5) is 4.36. The van der Waals surface area contributed by atoms with Gasteiger partial charge in [-0.1, -0.05) is 12.1 Å². The number of aliphatic imine (C=N–C) groups is 1. The molecule has 1 atom stereocenters. The predicted octanol–water partition coefficient (Wildman–Crippen LogP) is 3.08. The van der Waals surface area contributed by atoms with Crippen LogP contribution < -0.4 is 0 Å². The van der Waals surface area contributed by atoms with Crippen LogP contribution in [0.15, 0.2) is 46.5 Å². The van der Waals surface area contributed by atoms with Gasteiger partial charge in [0.2, 0.25) is 0 Å². The Labute approximate surface area is 114 Å². The van der Waals surface area contributed by atoms with Gasteiger partial charge >= 0.3 is 6.18 Å². The van der Waals surface area contributed by atoms with Crippen molar-refractivity contribution in [3.05, 3.63) is 47.5 Å². The van der Waals surface area contributed by atoms with E-state index in [1.54, 1.807) is 23.2 Å². The molecule has 2 aliphatic heterocycles. The summed E-state index contributed by atoms with van der Waals surface area (Å²) in [6, 6.07) is 5.34. The minimum absolute atomic E-state index is 0.152. The lowest BCUT2D eigenvalue weighted by atomic mass is 10.1. The average Bonchev–Trinajstić information content (AvgIpc) is 2.77. The molecule has 0 N–H and O–H groups in total. The molecule has 3 rings (SSSR count). The third kappa shape index (κ3) is 2.33. The Kier molecular flexibility index (Phi) is 2.88. The van der Waals surface area contributed by atoms with Gasteiger partial charge in [0.05, 0.1) is 23.9 Å². The van der Waals surface area contributed by atoms with E-state index in [9.17, 15) is 13.2 Å². The summed E-state index contributed by atoms with van der Waals surface area (Å²) in [5.74, 6) is 0.758. The summed E-state index contributed by atoms with van der Waals surface area (Å²) in [6.07, 6.45) is -0.862. The first-order chi connectivity index (χ1) is 9.43. The molecule has 0 amide bonds. The number of allylic oxidation sites excluding steroid dienone is 1. The normalized spacial score (nSPS) is 21.6. The Hall–Kier alpha value is -2.11. The van der Waals surface area contributed by atoms with Crippen molar-refractivity contribution in [1.82, 2.24) is 5.01 Å². The zero-order valence-electron chi connectivity index (χ0n) is 10.7. The summed E-state index contributed by atoms with van der Waals surface area (Å²) in [5, 5.41) is 6.08. The van der Waals surface area contributed by atoms with Gasteiger partial charge in [0.15, 0.2) is 0 Å². The van der Waals surface area contributed by atoms with E-state index < -0.39 is 11.7 Å². The van der Waals surface area contributed by atoms with Crippen molar-refractivity contribution >= 4 is 11.5 Å². The maximum Gasteiger partial charge on any atom is 0.416 e. The highest BCUT2D eigenvalue weighted by Gasteiger charge is 2.31. The Morgan fingerprint density at radius 2 is 2.05 bits per heavy atom. The number of fused-ring (bicyclic) bond motifs is 1. The number of amidine groups is 1. The first-order valence-electron chi connectivity index (χ1n) is 6.23. The van der Waals surface area contributed by atoms with Crippen LogP contribution in [0.2, 0.25) is 0 Å². The molecule has 0 saturated carbocycles. The molecule has 104 valence electrons. The standard InChI is InChI=1S/C14H12F3N3/c1-9-8-20-13(18-9)6-5-12(19-20)10-3-2-4-11(7-10)14(15,16)17/h2-7,9H,8H2,1H3. The van der Waals surface area contributed by atoms with Crippen LogP contribution in [0.1, 0.15) is 18.1 Å². The van der Waals surface area contributed by atoms with Crippen LogP contribution in [0.3, 0.4) is 0 Å². The SMILES string of the molecule is CC1CN2N=C(c3cccc(C(F)(F)F)c3)C=CC2=N1. The molecule has 0 bridgehead atoms. The zero-order chi connectivity index (χ0) is 14.3. The second-order valence-corrected chi connectivity index (χ2v) is 4.82. The van der Waals surface area contributed by atoms with E-state index in [2.05, 4.69) is 10.1 Å². The first-order valence-corrected chi connectivity index (χ1v) is 6.23. The topological polar surface area (TPSA) is 28.0 Å². The van der Waals surface area contributed by atoms with Crippen molar-refractivity contribution in [2.24, 2.45) is 10.1 Å². The molecule has 3 nitrogen and oxygen atoms in total. The van der Waals surface area contributed by atoms with E-state index in [0.717, 1.165) is 18.0 Å². The molecule has 1 aromatic carbocycles. The number of alkyl halides is 3. The van der Waals surface area contributed by atoms with Gasteiger partial charge in [-0.05, 0) is 31.2 Å². The number of hydrazone groups is 1. The fraction of sp³-hybridized carbons (Fsp3) is 0.286. The highest BCUT2D eigenvalue weighted by Crippen LogP contribution is 2.30. The Balaban J connectivity index is 1.94. The second-order valence-electron chi connectivity index (χ2n) is 4.82. The van der Waals surface area contributed by atoms with Gasteiger partial charge in [0.25, 0.3) is 0 Å². The lowest BCUT2D eigenvalue weighted by Crippen LogP contribution is -2.26. The number of halogens is 3. The molecule has 1 unspecified atom stereocenters. The monoisotopic (exact) mass is 279 g/mol. The van der Waals surface area contributed by atoms with Crippen molar-refractivity contribution in [2.75, 3.05) is 6.54 Å². The smallest absolute Gasteiger partial charge is 0.262 e. The summed E-state index contributed by atoms with van der Waals surface area (Å²) < 4.78 is 38.1. The van der Waals surface area contributed by atoms with Crippen molar-refractivity contribution in [3.63, 3.8) is 0 Å². The van der Waals surface area contributed by atoms with Crippen LogP contribution >= 0.6 is 0 Å². The van der Waals surface area contributed by atoms with Gasteiger partial charge in [-0.2, -0.15) is 18.3 Å². The van der Waals surface area contributed by atoms with Gasteiger partial charge in [-0.25, -0.2) is 5.01 Å². The zero-order valence-corrected chi connectivity index (χ0v) is 10.7. The lowest BCUT2D eigenvalue weighted by molar-refractivity contribution is -0.137. The number of rotatable bonds is 1. The van der Waals surface area contributed by atoms with Gasteiger partial charge in [-0.15, -0.1) is 0 Å². The molecule has 2 aliphatic rings. The second kappa shape index (κ2) is 4.47. The van der Waals surface area contributed by atoms with E-state index in [-0.39, 0.29) is 6.04 Å². The van der Waals surface area contributed by atoms with Gasteiger partial charge in [0, 0.05) is 5.56 Å². The van der Waals surface area contributed by atoms with Crippen LogP contribution in [0.5, 0.6) is 0 Å². The molecule has 0 aromatic heterocycles. The van der Waals surface area contributed by atoms with Crippen molar-refractivity contribution in [1.29, 1.82) is 0 Å². The Bertz CT molecular complexity index is 629. The quantitative estimate of drug-likeness (QED) is 0.776. The van der Waals surface area contributed by atoms with E-state index in [1.165, 1.54) is 6.07 Å². The number of hydrogen-bond acceptors (Lipinski definition) is 3. The van der Waals surface area contributed by atoms with Crippen LogP contribution in [-0.4, -0.2) is 29.1 Å². The van der Waals surface area contributed by atoms with E-state index in [4.69, 9.17) is 0 Å². The highest BCUT2D eigenvalue weighted by molar-refractivity contribution is 6.14. The van der Waals surface area contributed by atoms with Crippen molar-refractivity contribution in [2.45, 2.75) is 19.1 Å². The van der Waals surface area contributed by atoms with Crippen LogP contribution in [0.25, 0.3) is 0 Å². The number of hydrogen-bond donors (Lipinski definition) is 0. The minimum Gasteiger partial charge on any atom is -0.262 e. The highest BCUT2D eigenvalue weighted by atomic mass is 19.4. The van der Waals surface area contributed by atoms with Crippen molar-refractivity contribution in [3.8, 4) is 0 Å². The largest absolute Gasteiger partial charge is 0.416 e. The molecule has 20 heavy (non-hydrogen) atoms.